The first-order chi connectivity index (χ1) is 9.33. The molecule has 1 heterocycles. The van der Waals surface area contributed by atoms with E-state index in [-0.39, 0.29) is 5.78 Å². The molecule has 0 aliphatic carbocycles. The molecule has 2 aromatic carbocycles. The second-order valence-electron chi connectivity index (χ2n) is 4.08. The summed E-state index contributed by atoms with van der Waals surface area (Å²) in [6.45, 7) is 0. The Bertz CT molecular complexity index is 745. The zero-order chi connectivity index (χ0) is 13.1. The van der Waals surface area contributed by atoms with Crippen LogP contribution in [0.4, 0.5) is 0 Å². The highest BCUT2D eigenvalue weighted by Gasteiger charge is 2.01. The molecule has 0 atom stereocenters. The average molecular weight is 250 g/mol. The van der Waals surface area contributed by atoms with E-state index in [9.17, 15) is 4.79 Å². The van der Waals surface area contributed by atoms with Gasteiger partial charge in [-0.3, -0.25) is 4.79 Å². The van der Waals surface area contributed by atoms with Crippen molar-refractivity contribution in [3.8, 4) is 0 Å². The first-order valence-electron chi connectivity index (χ1n) is 5.83. The molecule has 0 radical (unpaired) electrons. The number of benzene rings is 2. The fourth-order valence-corrected chi connectivity index (χ4v) is 1.77. The molecule has 0 aliphatic heterocycles. The van der Waals surface area contributed by atoms with Gasteiger partial charge in [0, 0.05) is 5.56 Å². The molecule has 0 N–H and O–H groups in total. The van der Waals surface area contributed by atoms with Crippen LogP contribution in [0.25, 0.3) is 17.1 Å². The van der Waals surface area contributed by atoms with Crippen molar-refractivity contribution in [2.45, 2.75) is 0 Å². The number of fused-ring (bicyclic) bond motifs is 1. The second-order valence-corrected chi connectivity index (χ2v) is 4.08. The monoisotopic (exact) mass is 250 g/mol. The molecule has 0 spiro atoms. The summed E-state index contributed by atoms with van der Waals surface area (Å²) in [7, 11) is 0. The Balaban J connectivity index is 1.84. The Hall–Kier alpha value is -2.75. The van der Waals surface area contributed by atoms with Crippen LogP contribution in [0.2, 0.25) is 0 Å². The summed E-state index contributed by atoms with van der Waals surface area (Å²) >= 11 is 0. The molecular formula is C15H10N2O2. The smallest absolute Gasteiger partial charge is 0.185 e. The zero-order valence-corrected chi connectivity index (χ0v) is 9.98. The molecule has 0 aliphatic rings. The normalized spacial score (nSPS) is 11.2. The van der Waals surface area contributed by atoms with Crippen molar-refractivity contribution in [1.82, 2.24) is 10.3 Å². The summed E-state index contributed by atoms with van der Waals surface area (Å²) in [4.78, 5) is 11.9. The Morgan fingerprint density at radius 2 is 1.79 bits per heavy atom. The molecule has 0 amide bonds. The minimum absolute atomic E-state index is 0.0287. The van der Waals surface area contributed by atoms with Crippen LogP contribution in [0.1, 0.15) is 15.9 Å². The van der Waals surface area contributed by atoms with E-state index in [4.69, 9.17) is 0 Å². The maximum Gasteiger partial charge on any atom is 0.185 e. The minimum atomic E-state index is -0.0287. The molecule has 0 unspecified atom stereocenters. The fraction of sp³-hybridized carbons (Fsp3) is 0. The van der Waals surface area contributed by atoms with E-state index >= 15 is 0 Å². The van der Waals surface area contributed by atoms with Crippen LogP contribution in [0.15, 0.2) is 59.2 Å². The van der Waals surface area contributed by atoms with Crippen LogP contribution < -0.4 is 0 Å². The minimum Gasteiger partial charge on any atom is -0.289 e. The molecule has 1 aromatic heterocycles. The van der Waals surface area contributed by atoms with E-state index in [1.165, 1.54) is 0 Å². The number of aromatic nitrogens is 2. The maximum atomic E-state index is 11.9. The van der Waals surface area contributed by atoms with Crippen molar-refractivity contribution in [2.24, 2.45) is 0 Å². The lowest BCUT2D eigenvalue weighted by Crippen LogP contribution is -1.92. The number of hydrogen-bond acceptors (Lipinski definition) is 4. The maximum absolute atomic E-state index is 11.9. The van der Waals surface area contributed by atoms with Crippen LogP contribution in [0.3, 0.4) is 0 Å². The SMILES string of the molecule is O=C(/C=C/c1ccc2nonc2c1)c1ccccc1. The van der Waals surface area contributed by atoms with Crippen LogP contribution in [-0.2, 0) is 0 Å². The number of carbonyl (C=O) groups is 1. The largest absolute Gasteiger partial charge is 0.289 e. The van der Waals surface area contributed by atoms with Gasteiger partial charge in [-0.2, -0.15) is 0 Å². The van der Waals surface area contributed by atoms with Crippen molar-refractivity contribution < 1.29 is 9.42 Å². The quantitative estimate of drug-likeness (QED) is 0.529. The Labute approximate surface area is 109 Å². The van der Waals surface area contributed by atoms with Gasteiger partial charge in [-0.05, 0) is 34.1 Å². The molecule has 0 bridgehead atoms. The summed E-state index contributed by atoms with van der Waals surface area (Å²) in [5.41, 5.74) is 2.93. The predicted octanol–water partition coefficient (Wildman–Crippen LogP) is 3.12. The lowest BCUT2D eigenvalue weighted by molar-refractivity contribution is 0.104. The first kappa shape index (κ1) is 11.3. The number of carbonyl (C=O) groups excluding carboxylic acids is 1. The van der Waals surface area contributed by atoms with Gasteiger partial charge in [0.1, 0.15) is 11.0 Å². The molecule has 0 fully saturated rings. The van der Waals surface area contributed by atoms with Gasteiger partial charge < -0.3 is 0 Å². The summed E-state index contributed by atoms with van der Waals surface area (Å²) < 4.78 is 4.62. The van der Waals surface area contributed by atoms with Gasteiger partial charge in [-0.1, -0.05) is 42.5 Å². The Morgan fingerprint density at radius 3 is 2.63 bits per heavy atom. The van der Waals surface area contributed by atoms with Crippen molar-refractivity contribution in [3.05, 3.63) is 65.7 Å². The van der Waals surface area contributed by atoms with Crippen LogP contribution >= 0.6 is 0 Å². The van der Waals surface area contributed by atoms with E-state index in [0.29, 0.717) is 16.6 Å². The average Bonchev–Trinajstić information content (AvgIpc) is 2.93. The van der Waals surface area contributed by atoms with Gasteiger partial charge in [0.2, 0.25) is 0 Å². The predicted molar refractivity (Wildman–Crippen MR) is 71.6 cm³/mol. The van der Waals surface area contributed by atoms with Crippen molar-refractivity contribution in [1.29, 1.82) is 0 Å². The van der Waals surface area contributed by atoms with E-state index < -0.39 is 0 Å². The molecule has 0 saturated carbocycles. The molecular weight excluding hydrogens is 240 g/mol. The van der Waals surface area contributed by atoms with Crippen LogP contribution in [0, 0.1) is 0 Å². The van der Waals surface area contributed by atoms with Crippen LogP contribution in [-0.4, -0.2) is 16.1 Å². The fourth-order valence-electron chi connectivity index (χ4n) is 1.77. The molecule has 3 rings (SSSR count). The van der Waals surface area contributed by atoms with E-state index in [0.717, 1.165) is 5.56 Å². The topological polar surface area (TPSA) is 56.0 Å². The van der Waals surface area contributed by atoms with Crippen LogP contribution in [0.5, 0.6) is 0 Å². The molecule has 4 nitrogen and oxygen atoms in total. The summed E-state index contributed by atoms with van der Waals surface area (Å²) in [6, 6.07) is 14.6. The summed E-state index contributed by atoms with van der Waals surface area (Å²) in [5.74, 6) is -0.0287. The van der Waals surface area contributed by atoms with Crippen molar-refractivity contribution in [2.75, 3.05) is 0 Å². The number of nitrogens with zero attached hydrogens (tertiary/aromatic N) is 2. The van der Waals surface area contributed by atoms with E-state index in [1.807, 2.05) is 30.3 Å². The lowest BCUT2D eigenvalue weighted by Gasteiger charge is -1.94. The van der Waals surface area contributed by atoms with Gasteiger partial charge in [0.05, 0.1) is 0 Å². The second kappa shape index (κ2) is 4.86. The Morgan fingerprint density at radius 1 is 1.00 bits per heavy atom. The first-order valence-corrected chi connectivity index (χ1v) is 5.83. The van der Waals surface area contributed by atoms with E-state index in [2.05, 4.69) is 14.9 Å². The third kappa shape index (κ3) is 2.42. The van der Waals surface area contributed by atoms with E-state index in [1.54, 1.807) is 30.4 Å². The van der Waals surface area contributed by atoms with Gasteiger partial charge in [0.25, 0.3) is 0 Å². The Kier molecular flexibility index (Phi) is 2.90. The molecule has 3 aromatic rings. The number of rotatable bonds is 3. The highest BCUT2D eigenvalue weighted by atomic mass is 16.6. The molecule has 0 saturated heterocycles. The summed E-state index contributed by atoms with van der Waals surface area (Å²) in [5, 5.41) is 7.49. The van der Waals surface area contributed by atoms with Gasteiger partial charge in [-0.25, -0.2) is 4.63 Å². The third-order valence-corrected chi connectivity index (χ3v) is 2.76. The third-order valence-electron chi connectivity index (χ3n) is 2.76. The van der Waals surface area contributed by atoms with Gasteiger partial charge in [-0.15, -0.1) is 0 Å². The molecule has 92 valence electrons. The van der Waals surface area contributed by atoms with Crippen molar-refractivity contribution in [3.63, 3.8) is 0 Å². The number of ketones is 1. The van der Waals surface area contributed by atoms with Gasteiger partial charge >= 0.3 is 0 Å². The zero-order valence-electron chi connectivity index (χ0n) is 9.98. The number of allylic oxidation sites excluding steroid dienone is 1. The van der Waals surface area contributed by atoms with Gasteiger partial charge in [0.15, 0.2) is 5.78 Å². The summed E-state index contributed by atoms with van der Waals surface area (Å²) in [6.07, 6.45) is 3.30. The highest BCUT2D eigenvalue weighted by molar-refractivity contribution is 6.06. The van der Waals surface area contributed by atoms with Crippen molar-refractivity contribution >= 4 is 22.9 Å². The number of hydrogen-bond donors (Lipinski definition) is 0. The molecule has 19 heavy (non-hydrogen) atoms. The highest BCUT2D eigenvalue weighted by Crippen LogP contribution is 2.13. The lowest BCUT2D eigenvalue weighted by atomic mass is 10.1. The standard InChI is InChI=1S/C15H10N2O2/c18-15(12-4-2-1-3-5-12)9-7-11-6-8-13-14(10-11)17-19-16-13/h1-10H/b9-7+. The molecule has 4 heteroatoms.